The van der Waals surface area contributed by atoms with Crippen LogP contribution in [0.2, 0.25) is 0 Å². The number of methoxy groups -OCH3 is 1. The minimum atomic E-state index is -1.19. The smallest absolute Gasteiger partial charge is 0.224 e. The van der Waals surface area contributed by atoms with Gasteiger partial charge < -0.3 is 15.2 Å². The molecule has 0 spiro atoms. The Morgan fingerprint density at radius 2 is 1.62 bits per heavy atom. The summed E-state index contributed by atoms with van der Waals surface area (Å²) in [6.45, 7) is 2.10. The van der Waals surface area contributed by atoms with Crippen LogP contribution in [0.15, 0.2) is 78.9 Å². The zero-order valence-electron chi connectivity index (χ0n) is 16.9. The van der Waals surface area contributed by atoms with Crippen LogP contribution in [0.1, 0.15) is 22.3 Å². The topological polar surface area (TPSA) is 58.6 Å². The molecule has 2 N–H and O–H groups in total. The fourth-order valence-electron chi connectivity index (χ4n) is 3.42. The van der Waals surface area contributed by atoms with E-state index in [1.54, 1.807) is 7.11 Å². The Labute approximate surface area is 172 Å². The fourth-order valence-corrected chi connectivity index (χ4v) is 3.42. The first-order valence-corrected chi connectivity index (χ1v) is 9.72. The molecule has 0 saturated heterocycles. The molecule has 0 aliphatic carbocycles. The summed E-state index contributed by atoms with van der Waals surface area (Å²) in [5.74, 6) is 0.624. The Balaban J connectivity index is 1.72. The minimum Gasteiger partial charge on any atom is -0.496 e. The third kappa shape index (κ3) is 5.46. The van der Waals surface area contributed by atoms with Gasteiger partial charge in [-0.25, -0.2) is 0 Å². The number of amides is 1. The van der Waals surface area contributed by atoms with Crippen LogP contribution in [0.25, 0.3) is 0 Å². The first-order valence-electron chi connectivity index (χ1n) is 9.72. The number of aryl methyl sites for hydroxylation is 1. The van der Waals surface area contributed by atoms with Crippen LogP contribution in [0.5, 0.6) is 5.75 Å². The van der Waals surface area contributed by atoms with Gasteiger partial charge in [0.1, 0.15) is 11.4 Å². The standard InChI is InChI=1S/C25H27NO3/c1-19-13-14-21(15-23(19)29-2)16-24(27)26-18-25(28,22-11-7-4-8-12-22)17-20-9-5-3-6-10-20/h3-15,28H,16-18H2,1-2H3,(H,26,27). The van der Waals surface area contributed by atoms with E-state index < -0.39 is 5.60 Å². The molecule has 3 rings (SSSR count). The summed E-state index contributed by atoms with van der Waals surface area (Å²) in [7, 11) is 1.62. The highest BCUT2D eigenvalue weighted by atomic mass is 16.5. The van der Waals surface area contributed by atoms with Crippen molar-refractivity contribution in [2.24, 2.45) is 0 Å². The highest BCUT2D eigenvalue weighted by Crippen LogP contribution is 2.25. The van der Waals surface area contributed by atoms with Crippen LogP contribution in [-0.2, 0) is 23.2 Å². The van der Waals surface area contributed by atoms with E-state index in [0.29, 0.717) is 6.42 Å². The molecule has 4 nitrogen and oxygen atoms in total. The van der Waals surface area contributed by atoms with Gasteiger partial charge in [-0.15, -0.1) is 0 Å². The zero-order chi connectivity index (χ0) is 20.7. The first kappa shape index (κ1) is 20.6. The average Bonchev–Trinajstić information content (AvgIpc) is 2.75. The second kappa shape index (κ2) is 9.39. The number of carbonyl (C=O) groups excluding carboxylic acids is 1. The second-order valence-corrected chi connectivity index (χ2v) is 7.32. The maximum Gasteiger partial charge on any atom is 0.224 e. The summed E-state index contributed by atoms with van der Waals surface area (Å²) in [5.41, 5.74) is 2.50. The van der Waals surface area contributed by atoms with Crippen molar-refractivity contribution in [1.29, 1.82) is 0 Å². The molecule has 0 aliphatic heterocycles. The number of ether oxygens (including phenoxy) is 1. The van der Waals surface area contributed by atoms with E-state index in [1.807, 2.05) is 85.8 Å². The third-order valence-electron chi connectivity index (χ3n) is 5.07. The van der Waals surface area contributed by atoms with E-state index in [0.717, 1.165) is 28.0 Å². The Hall–Kier alpha value is -3.11. The fraction of sp³-hybridized carbons (Fsp3) is 0.240. The van der Waals surface area contributed by atoms with Gasteiger partial charge in [0.2, 0.25) is 5.91 Å². The molecule has 4 heteroatoms. The molecule has 3 aromatic rings. The molecule has 1 unspecified atom stereocenters. The maximum atomic E-state index is 12.6. The van der Waals surface area contributed by atoms with E-state index >= 15 is 0 Å². The predicted molar refractivity (Wildman–Crippen MR) is 115 cm³/mol. The van der Waals surface area contributed by atoms with Crippen molar-refractivity contribution in [3.63, 3.8) is 0 Å². The molecular formula is C25H27NO3. The Morgan fingerprint density at radius 3 is 2.28 bits per heavy atom. The molecule has 0 aliphatic rings. The zero-order valence-corrected chi connectivity index (χ0v) is 16.9. The number of hydrogen-bond acceptors (Lipinski definition) is 3. The van der Waals surface area contributed by atoms with Gasteiger partial charge in [-0.3, -0.25) is 4.79 Å². The average molecular weight is 389 g/mol. The number of nitrogens with one attached hydrogen (secondary N) is 1. The van der Waals surface area contributed by atoms with Crippen molar-refractivity contribution < 1.29 is 14.6 Å². The van der Waals surface area contributed by atoms with Crippen molar-refractivity contribution in [3.05, 3.63) is 101 Å². The lowest BCUT2D eigenvalue weighted by molar-refractivity contribution is -0.121. The van der Waals surface area contributed by atoms with E-state index in [2.05, 4.69) is 5.32 Å². The summed E-state index contributed by atoms with van der Waals surface area (Å²) in [4.78, 5) is 12.6. The van der Waals surface area contributed by atoms with E-state index in [1.165, 1.54) is 0 Å². The van der Waals surface area contributed by atoms with Crippen molar-refractivity contribution in [2.75, 3.05) is 13.7 Å². The van der Waals surface area contributed by atoms with Gasteiger partial charge in [0.05, 0.1) is 20.1 Å². The van der Waals surface area contributed by atoms with E-state index in [-0.39, 0.29) is 18.9 Å². The second-order valence-electron chi connectivity index (χ2n) is 7.32. The molecule has 0 aromatic heterocycles. The molecule has 0 fully saturated rings. The van der Waals surface area contributed by atoms with Gasteiger partial charge >= 0.3 is 0 Å². The van der Waals surface area contributed by atoms with Crippen LogP contribution in [0.3, 0.4) is 0 Å². The van der Waals surface area contributed by atoms with Crippen LogP contribution < -0.4 is 10.1 Å². The van der Waals surface area contributed by atoms with Gasteiger partial charge in [0.15, 0.2) is 0 Å². The number of rotatable bonds is 8. The molecule has 0 saturated carbocycles. The van der Waals surface area contributed by atoms with Gasteiger partial charge in [-0.05, 0) is 35.2 Å². The molecule has 150 valence electrons. The Bertz CT molecular complexity index is 941. The highest BCUT2D eigenvalue weighted by molar-refractivity contribution is 5.78. The van der Waals surface area contributed by atoms with Gasteiger partial charge in [0, 0.05) is 6.42 Å². The highest BCUT2D eigenvalue weighted by Gasteiger charge is 2.30. The number of carbonyl (C=O) groups is 1. The van der Waals surface area contributed by atoms with Crippen molar-refractivity contribution in [3.8, 4) is 5.75 Å². The molecule has 1 atom stereocenters. The SMILES string of the molecule is COc1cc(CC(=O)NCC(O)(Cc2ccccc2)c2ccccc2)ccc1C. The van der Waals surface area contributed by atoms with E-state index in [4.69, 9.17) is 4.74 Å². The molecule has 1 amide bonds. The summed E-state index contributed by atoms with van der Waals surface area (Å²) >= 11 is 0. The lowest BCUT2D eigenvalue weighted by Crippen LogP contribution is -2.42. The Morgan fingerprint density at radius 1 is 0.966 bits per heavy atom. The number of benzene rings is 3. The van der Waals surface area contributed by atoms with Crippen LogP contribution >= 0.6 is 0 Å². The minimum absolute atomic E-state index is 0.133. The first-order chi connectivity index (χ1) is 14.0. The predicted octanol–water partition coefficient (Wildman–Crippen LogP) is 3.79. The Kier molecular flexibility index (Phi) is 6.68. The normalized spacial score (nSPS) is 12.8. The van der Waals surface area contributed by atoms with Gasteiger partial charge in [0.25, 0.3) is 0 Å². The lowest BCUT2D eigenvalue weighted by Gasteiger charge is -2.29. The summed E-state index contributed by atoms with van der Waals surface area (Å²) in [5, 5.41) is 14.3. The monoisotopic (exact) mass is 389 g/mol. The molecule has 29 heavy (non-hydrogen) atoms. The maximum absolute atomic E-state index is 12.6. The lowest BCUT2D eigenvalue weighted by atomic mass is 9.87. The van der Waals surface area contributed by atoms with E-state index in [9.17, 15) is 9.90 Å². The van der Waals surface area contributed by atoms with Crippen LogP contribution in [0.4, 0.5) is 0 Å². The van der Waals surface area contributed by atoms with Crippen LogP contribution in [0, 0.1) is 6.92 Å². The summed E-state index contributed by atoms with van der Waals surface area (Å²) in [6, 6.07) is 25.0. The third-order valence-corrected chi connectivity index (χ3v) is 5.07. The van der Waals surface area contributed by atoms with Crippen molar-refractivity contribution in [2.45, 2.75) is 25.4 Å². The van der Waals surface area contributed by atoms with Crippen molar-refractivity contribution in [1.82, 2.24) is 5.32 Å². The van der Waals surface area contributed by atoms with Crippen molar-refractivity contribution >= 4 is 5.91 Å². The van der Waals surface area contributed by atoms with Gasteiger partial charge in [-0.1, -0.05) is 72.8 Å². The molecular weight excluding hydrogens is 362 g/mol. The summed E-state index contributed by atoms with van der Waals surface area (Å²) in [6.07, 6.45) is 0.642. The number of hydrogen-bond donors (Lipinski definition) is 2. The molecule has 0 bridgehead atoms. The van der Waals surface area contributed by atoms with Gasteiger partial charge in [-0.2, -0.15) is 0 Å². The molecule has 0 heterocycles. The molecule has 0 radical (unpaired) electrons. The summed E-state index contributed by atoms with van der Waals surface area (Å²) < 4.78 is 5.33. The number of aliphatic hydroxyl groups is 1. The quantitative estimate of drug-likeness (QED) is 0.616. The van der Waals surface area contributed by atoms with Crippen LogP contribution in [-0.4, -0.2) is 24.7 Å². The largest absolute Gasteiger partial charge is 0.496 e. The molecule has 3 aromatic carbocycles.